The van der Waals surface area contributed by atoms with Crippen LogP contribution in [0.25, 0.3) is 0 Å². The normalized spacial score (nSPS) is 12.2. The molecule has 1 aromatic carbocycles. The minimum Gasteiger partial charge on any atom is -0.478 e. The molecule has 0 aliphatic carbocycles. The molecule has 2 aromatic rings. The number of benzene rings is 1. The van der Waals surface area contributed by atoms with E-state index in [1.54, 1.807) is 30.4 Å². The highest BCUT2D eigenvalue weighted by Gasteiger charge is 2.12. The van der Waals surface area contributed by atoms with E-state index < -0.39 is 5.97 Å². The third-order valence-electron chi connectivity index (χ3n) is 3.13. The Morgan fingerprint density at radius 2 is 2.25 bits per heavy atom. The standard InChI is InChI=1S/C15H18N2O2S/c1-4-12-8-16-14(20-12)10(3)17-11-5-6-13(15(18)19)9(2)7-11/h5-8,10,17H,4H2,1-3H3,(H,18,19). The Balaban J connectivity index is 2.13. The van der Waals surface area contributed by atoms with Crippen LogP contribution in [-0.4, -0.2) is 16.1 Å². The van der Waals surface area contributed by atoms with Gasteiger partial charge in [-0.15, -0.1) is 11.3 Å². The predicted molar refractivity (Wildman–Crippen MR) is 81.7 cm³/mol. The monoisotopic (exact) mass is 290 g/mol. The first kappa shape index (κ1) is 14.5. The van der Waals surface area contributed by atoms with E-state index in [-0.39, 0.29) is 6.04 Å². The predicted octanol–water partition coefficient (Wildman–Crippen LogP) is 3.89. The molecule has 0 bridgehead atoms. The van der Waals surface area contributed by atoms with Gasteiger partial charge in [-0.2, -0.15) is 0 Å². The van der Waals surface area contributed by atoms with Crippen LogP contribution in [0.3, 0.4) is 0 Å². The van der Waals surface area contributed by atoms with Crippen molar-refractivity contribution in [3.63, 3.8) is 0 Å². The van der Waals surface area contributed by atoms with Crippen LogP contribution in [0.15, 0.2) is 24.4 Å². The van der Waals surface area contributed by atoms with Crippen molar-refractivity contribution in [2.75, 3.05) is 5.32 Å². The molecule has 0 fully saturated rings. The average molecular weight is 290 g/mol. The first-order valence-electron chi connectivity index (χ1n) is 6.56. The van der Waals surface area contributed by atoms with Crippen LogP contribution in [0.5, 0.6) is 0 Å². The summed E-state index contributed by atoms with van der Waals surface area (Å²) in [6, 6.07) is 5.39. The van der Waals surface area contributed by atoms with Gasteiger partial charge in [-0.05, 0) is 44.0 Å². The lowest BCUT2D eigenvalue weighted by Crippen LogP contribution is -2.07. The molecule has 2 rings (SSSR count). The fourth-order valence-corrected chi connectivity index (χ4v) is 2.85. The quantitative estimate of drug-likeness (QED) is 0.877. The molecule has 0 amide bonds. The molecule has 20 heavy (non-hydrogen) atoms. The third-order valence-corrected chi connectivity index (χ3v) is 4.45. The summed E-state index contributed by atoms with van der Waals surface area (Å²) in [5, 5.41) is 13.4. The van der Waals surface area contributed by atoms with Gasteiger partial charge >= 0.3 is 5.97 Å². The summed E-state index contributed by atoms with van der Waals surface area (Å²) in [4.78, 5) is 16.7. The first-order valence-corrected chi connectivity index (χ1v) is 7.38. The SMILES string of the molecule is CCc1cnc(C(C)Nc2ccc(C(=O)O)c(C)c2)s1. The highest BCUT2D eigenvalue weighted by Crippen LogP contribution is 2.25. The maximum Gasteiger partial charge on any atom is 0.335 e. The van der Waals surface area contributed by atoms with Gasteiger partial charge in [0.25, 0.3) is 0 Å². The summed E-state index contributed by atoms with van der Waals surface area (Å²) < 4.78 is 0. The molecular formula is C15H18N2O2S. The largest absolute Gasteiger partial charge is 0.478 e. The Morgan fingerprint density at radius 3 is 2.80 bits per heavy atom. The molecule has 1 unspecified atom stereocenters. The molecular weight excluding hydrogens is 272 g/mol. The number of aromatic carboxylic acids is 1. The lowest BCUT2D eigenvalue weighted by atomic mass is 10.1. The molecule has 2 N–H and O–H groups in total. The number of aryl methyl sites for hydroxylation is 2. The van der Waals surface area contributed by atoms with E-state index in [1.807, 2.05) is 12.3 Å². The zero-order valence-electron chi connectivity index (χ0n) is 11.8. The summed E-state index contributed by atoms with van der Waals surface area (Å²) >= 11 is 1.70. The highest BCUT2D eigenvalue weighted by atomic mass is 32.1. The molecule has 5 heteroatoms. The third kappa shape index (κ3) is 3.17. The average Bonchev–Trinajstić information content (AvgIpc) is 2.87. The van der Waals surface area contributed by atoms with Crippen LogP contribution in [0.4, 0.5) is 5.69 Å². The Morgan fingerprint density at radius 1 is 1.50 bits per heavy atom. The summed E-state index contributed by atoms with van der Waals surface area (Å²) in [6.45, 7) is 5.97. The molecule has 1 atom stereocenters. The second-order valence-corrected chi connectivity index (χ2v) is 5.87. The van der Waals surface area contributed by atoms with Gasteiger partial charge in [0, 0.05) is 16.8 Å². The Labute approximate surface area is 122 Å². The highest BCUT2D eigenvalue weighted by molar-refractivity contribution is 7.11. The number of carbonyl (C=O) groups is 1. The second-order valence-electron chi connectivity index (χ2n) is 4.72. The number of nitrogens with zero attached hydrogens (tertiary/aromatic N) is 1. The zero-order valence-corrected chi connectivity index (χ0v) is 12.6. The summed E-state index contributed by atoms with van der Waals surface area (Å²) in [5.74, 6) is -0.894. The number of rotatable bonds is 5. The smallest absolute Gasteiger partial charge is 0.335 e. The zero-order chi connectivity index (χ0) is 14.7. The maximum absolute atomic E-state index is 11.0. The molecule has 0 aliphatic rings. The summed E-state index contributed by atoms with van der Waals surface area (Å²) in [5.41, 5.74) is 2.00. The Kier molecular flexibility index (Phi) is 4.39. The van der Waals surface area contributed by atoms with Crippen LogP contribution < -0.4 is 5.32 Å². The van der Waals surface area contributed by atoms with Gasteiger partial charge in [-0.3, -0.25) is 0 Å². The van der Waals surface area contributed by atoms with Crippen molar-refractivity contribution in [1.82, 2.24) is 4.98 Å². The van der Waals surface area contributed by atoms with E-state index in [4.69, 9.17) is 5.11 Å². The van der Waals surface area contributed by atoms with E-state index in [0.717, 1.165) is 22.7 Å². The minimum absolute atomic E-state index is 0.107. The fraction of sp³-hybridized carbons (Fsp3) is 0.333. The van der Waals surface area contributed by atoms with Crippen LogP contribution in [0, 0.1) is 6.92 Å². The molecule has 0 radical (unpaired) electrons. The van der Waals surface area contributed by atoms with Gasteiger partial charge in [0.05, 0.1) is 11.6 Å². The fourth-order valence-electron chi connectivity index (χ4n) is 1.99. The van der Waals surface area contributed by atoms with Crippen LogP contribution in [0.1, 0.15) is 45.7 Å². The molecule has 106 valence electrons. The minimum atomic E-state index is -0.894. The molecule has 1 heterocycles. The maximum atomic E-state index is 11.0. The number of anilines is 1. The lowest BCUT2D eigenvalue weighted by Gasteiger charge is -2.14. The van der Waals surface area contributed by atoms with Gasteiger partial charge in [0.2, 0.25) is 0 Å². The number of carboxylic acids is 1. The van der Waals surface area contributed by atoms with Crippen molar-refractivity contribution < 1.29 is 9.90 Å². The van der Waals surface area contributed by atoms with Crippen LogP contribution in [-0.2, 0) is 6.42 Å². The number of carboxylic acid groups (broad SMARTS) is 1. The van der Waals surface area contributed by atoms with E-state index in [9.17, 15) is 4.79 Å². The van der Waals surface area contributed by atoms with E-state index in [0.29, 0.717) is 5.56 Å². The first-order chi connectivity index (χ1) is 9.51. The summed E-state index contributed by atoms with van der Waals surface area (Å²) in [6.07, 6.45) is 2.91. The molecule has 0 aliphatic heterocycles. The number of thiazole rings is 1. The van der Waals surface area contributed by atoms with Crippen LogP contribution in [0.2, 0.25) is 0 Å². The summed E-state index contributed by atoms with van der Waals surface area (Å²) in [7, 11) is 0. The van der Waals surface area contributed by atoms with E-state index >= 15 is 0 Å². The number of hydrogen-bond acceptors (Lipinski definition) is 4. The van der Waals surface area contributed by atoms with Crippen molar-refractivity contribution in [2.45, 2.75) is 33.2 Å². The molecule has 1 aromatic heterocycles. The molecule has 0 spiro atoms. The van der Waals surface area contributed by atoms with Gasteiger partial charge in [0.15, 0.2) is 0 Å². The van der Waals surface area contributed by atoms with Gasteiger partial charge in [-0.25, -0.2) is 9.78 Å². The Bertz CT molecular complexity index is 622. The van der Waals surface area contributed by atoms with Gasteiger partial charge in [0.1, 0.15) is 5.01 Å². The number of aromatic nitrogens is 1. The van der Waals surface area contributed by atoms with Crippen molar-refractivity contribution in [3.8, 4) is 0 Å². The number of nitrogens with one attached hydrogen (secondary N) is 1. The van der Waals surface area contributed by atoms with Gasteiger partial charge < -0.3 is 10.4 Å². The van der Waals surface area contributed by atoms with Crippen molar-refractivity contribution in [3.05, 3.63) is 45.4 Å². The van der Waals surface area contributed by atoms with E-state index in [2.05, 4.69) is 24.1 Å². The Hall–Kier alpha value is -1.88. The van der Waals surface area contributed by atoms with Crippen molar-refractivity contribution in [1.29, 1.82) is 0 Å². The number of hydrogen-bond donors (Lipinski definition) is 2. The topological polar surface area (TPSA) is 62.2 Å². The van der Waals surface area contributed by atoms with Crippen LogP contribution >= 0.6 is 11.3 Å². The molecule has 4 nitrogen and oxygen atoms in total. The second kappa shape index (κ2) is 6.05. The van der Waals surface area contributed by atoms with Crippen molar-refractivity contribution >= 4 is 23.0 Å². The lowest BCUT2D eigenvalue weighted by molar-refractivity contribution is 0.0696. The van der Waals surface area contributed by atoms with E-state index in [1.165, 1.54) is 4.88 Å². The van der Waals surface area contributed by atoms with Gasteiger partial charge in [-0.1, -0.05) is 6.92 Å². The molecule has 0 saturated heterocycles. The van der Waals surface area contributed by atoms with Crippen molar-refractivity contribution in [2.24, 2.45) is 0 Å². The molecule has 0 saturated carbocycles.